The van der Waals surface area contributed by atoms with Crippen molar-refractivity contribution in [2.24, 2.45) is 5.73 Å². The summed E-state index contributed by atoms with van der Waals surface area (Å²) in [6, 6.07) is 8.18. The van der Waals surface area contributed by atoms with Crippen molar-refractivity contribution >= 4 is 21.6 Å². The van der Waals surface area contributed by atoms with Crippen molar-refractivity contribution in [3.05, 3.63) is 52.4 Å². The van der Waals surface area contributed by atoms with E-state index in [-0.39, 0.29) is 0 Å². The van der Waals surface area contributed by atoms with Gasteiger partial charge in [0.15, 0.2) is 0 Å². The molecule has 0 aliphatic carbocycles. The third kappa shape index (κ3) is 2.90. The summed E-state index contributed by atoms with van der Waals surface area (Å²) in [7, 11) is 2.05. The van der Waals surface area contributed by atoms with Gasteiger partial charge >= 0.3 is 0 Å². The first-order valence-corrected chi connectivity index (χ1v) is 6.20. The first kappa shape index (κ1) is 12.2. The summed E-state index contributed by atoms with van der Waals surface area (Å²) in [6.07, 6.45) is 3.45. The third-order valence-corrected chi connectivity index (χ3v) is 3.44. The zero-order valence-electron chi connectivity index (χ0n) is 9.69. The van der Waals surface area contributed by atoms with Gasteiger partial charge in [-0.1, -0.05) is 22.0 Å². The fourth-order valence-electron chi connectivity index (χ4n) is 1.69. The number of anilines is 1. The van der Waals surface area contributed by atoms with E-state index in [2.05, 4.69) is 40.0 Å². The summed E-state index contributed by atoms with van der Waals surface area (Å²) in [5.74, 6) is 0. The molecule has 0 atom stereocenters. The zero-order chi connectivity index (χ0) is 12.3. The molecule has 17 heavy (non-hydrogen) atoms. The van der Waals surface area contributed by atoms with Crippen molar-refractivity contribution < 1.29 is 4.42 Å². The molecule has 1 aromatic carbocycles. The second kappa shape index (κ2) is 5.38. The molecule has 2 N–H and O–H groups in total. The molecule has 2 aromatic rings. The maximum absolute atomic E-state index is 5.63. The van der Waals surface area contributed by atoms with Crippen LogP contribution >= 0.6 is 15.9 Å². The van der Waals surface area contributed by atoms with Crippen LogP contribution in [0.15, 0.2) is 45.7 Å². The van der Waals surface area contributed by atoms with Gasteiger partial charge in [-0.05, 0) is 23.8 Å². The monoisotopic (exact) mass is 294 g/mol. The van der Waals surface area contributed by atoms with Gasteiger partial charge in [-0.15, -0.1) is 0 Å². The standard InChI is InChI=1S/C13H15BrN2O/c1-16(8-10-4-5-17-9-10)12-3-2-11(7-15)13(14)6-12/h2-6,9H,7-8,15H2,1H3. The highest BCUT2D eigenvalue weighted by Gasteiger charge is 2.05. The Bertz CT molecular complexity index is 482. The molecular weight excluding hydrogens is 280 g/mol. The summed E-state index contributed by atoms with van der Waals surface area (Å²) >= 11 is 3.53. The summed E-state index contributed by atoms with van der Waals surface area (Å²) in [5.41, 5.74) is 9.05. The SMILES string of the molecule is CN(Cc1ccoc1)c1ccc(CN)c(Br)c1. The summed E-state index contributed by atoms with van der Waals surface area (Å²) in [5, 5.41) is 0. The van der Waals surface area contributed by atoms with Crippen LogP contribution in [0.2, 0.25) is 0 Å². The Morgan fingerprint density at radius 1 is 1.35 bits per heavy atom. The smallest absolute Gasteiger partial charge is 0.0952 e. The lowest BCUT2D eigenvalue weighted by atomic mass is 10.2. The van der Waals surface area contributed by atoms with E-state index in [4.69, 9.17) is 10.2 Å². The molecule has 90 valence electrons. The Kier molecular flexibility index (Phi) is 3.86. The van der Waals surface area contributed by atoms with E-state index in [1.54, 1.807) is 12.5 Å². The van der Waals surface area contributed by atoms with E-state index in [1.165, 1.54) is 0 Å². The Morgan fingerprint density at radius 3 is 2.76 bits per heavy atom. The molecule has 0 radical (unpaired) electrons. The van der Waals surface area contributed by atoms with Crippen LogP contribution in [-0.4, -0.2) is 7.05 Å². The molecule has 0 spiro atoms. The molecule has 1 aromatic heterocycles. The minimum atomic E-state index is 0.548. The highest BCUT2D eigenvalue weighted by molar-refractivity contribution is 9.10. The van der Waals surface area contributed by atoms with E-state index in [1.807, 2.05) is 12.1 Å². The number of rotatable bonds is 4. The first-order chi connectivity index (χ1) is 8.20. The van der Waals surface area contributed by atoms with Gasteiger partial charge in [-0.2, -0.15) is 0 Å². The van der Waals surface area contributed by atoms with E-state index < -0.39 is 0 Å². The van der Waals surface area contributed by atoms with Crippen LogP contribution < -0.4 is 10.6 Å². The fourth-order valence-corrected chi connectivity index (χ4v) is 2.22. The number of benzene rings is 1. The van der Waals surface area contributed by atoms with Crippen LogP contribution in [0.25, 0.3) is 0 Å². The van der Waals surface area contributed by atoms with Crippen LogP contribution in [-0.2, 0) is 13.1 Å². The molecule has 0 saturated heterocycles. The molecule has 3 nitrogen and oxygen atoms in total. The van der Waals surface area contributed by atoms with Crippen LogP contribution in [0.4, 0.5) is 5.69 Å². The number of furan rings is 1. The maximum atomic E-state index is 5.63. The summed E-state index contributed by atoms with van der Waals surface area (Å²) in [4.78, 5) is 2.16. The van der Waals surface area contributed by atoms with E-state index in [0.29, 0.717) is 6.54 Å². The number of hydrogen-bond acceptors (Lipinski definition) is 3. The second-order valence-electron chi connectivity index (χ2n) is 3.97. The Balaban J connectivity index is 2.14. The van der Waals surface area contributed by atoms with Crippen LogP contribution in [0.1, 0.15) is 11.1 Å². The molecule has 1 heterocycles. The largest absolute Gasteiger partial charge is 0.472 e. The van der Waals surface area contributed by atoms with Gasteiger partial charge in [0, 0.05) is 35.9 Å². The van der Waals surface area contributed by atoms with Crippen molar-refractivity contribution in [1.29, 1.82) is 0 Å². The normalized spacial score (nSPS) is 10.5. The lowest BCUT2D eigenvalue weighted by molar-refractivity contribution is 0.563. The van der Waals surface area contributed by atoms with E-state index in [0.717, 1.165) is 27.8 Å². The number of hydrogen-bond donors (Lipinski definition) is 1. The Labute approximate surface area is 109 Å². The van der Waals surface area contributed by atoms with Crippen molar-refractivity contribution in [1.82, 2.24) is 0 Å². The zero-order valence-corrected chi connectivity index (χ0v) is 11.3. The van der Waals surface area contributed by atoms with Gasteiger partial charge in [-0.25, -0.2) is 0 Å². The third-order valence-electron chi connectivity index (χ3n) is 2.70. The predicted octanol–water partition coefficient (Wildman–Crippen LogP) is 3.14. The van der Waals surface area contributed by atoms with Crippen molar-refractivity contribution in [3.8, 4) is 0 Å². The Morgan fingerprint density at radius 2 is 2.18 bits per heavy atom. The van der Waals surface area contributed by atoms with Gasteiger partial charge < -0.3 is 15.1 Å². The molecule has 4 heteroatoms. The molecule has 0 saturated carbocycles. The van der Waals surface area contributed by atoms with Gasteiger partial charge in [-0.3, -0.25) is 0 Å². The van der Waals surface area contributed by atoms with Crippen molar-refractivity contribution in [3.63, 3.8) is 0 Å². The maximum Gasteiger partial charge on any atom is 0.0952 e. The predicted molar refractivity (Wildman–Crippen MR) is 72.8 cm³/mol. The quantitative estimate of drug-likeness (QED) is 0.942. The summed E-state index contributed by atoms with van der Waals surface area (Å²) in [6.45, 7) is 1.37. The van der Waals surface area contributed by atoms with E-state index in [9.17, 15) is 0 Å². The average molecular weight is 295 g/mol. The number of nitrogens with two attached hydrogens (primary N) is 1. The molecule has 2 rings (SSSR count). The average Bonchev–Trinajstić information content (AvgIpc) is 2.81. The molecule has 0 aliphatic heterocycles. The molecule has 0 amide bonds. The molecule has 0 fully saturated rings. The highest BCUT2D eigenvalue weighted by atomic mass is 79.9. The lowest BCUT2D eigenvalue weighted by Gasteiger charge is -2.19. The highest BCUT2D eigenvalue weighted by Crippen LogP contribution is 2.24. The van der Waals surface area contributed by atoms with Gasteiger partial charge in [0.2, 0.25) is 0 Å². The van der Waals surface area contributed by atoms with Crippen LogP contribution in [0.3, 0.4) is 0 Å². The molecule has 0 bridgehead atoms. The van der Waals surface area contributed by atoms with Gasteiger partial charge in [0.05, 0.1) is 12.5 Å². The van der Waals surface area contributed by atoms with Crippen molar-refractivity contribution in [2.75, 3.05) is 11.9 Å². The topological polar surface area (TPSA) is 42.4 Å². The second-order valence-corrected chi connectivity index (χ2v) is 4.82. The van der Waals surface area contributed by atoms with Crippen molar-refractivity contribution in [2.45, 2.75) is 13.1 Å². The van der Waals surface area contributed by atoms with E-state index >= 15 is 0 Å². The number of nitrogens with zero attached hydrogens (tertiary/aromatic N) is 1. The first-order valence-electron chi connectivity index (χ1n) is 5.41. The summed E-state index contributed by atoms with van der Waals surface area (Å²) < 4.78 is 6.11. The van der Waals surface area contributed by atoms with Crippen LogP contribution in [0, 0.1) is 0 Å². The Hall–Kier alpha value is -1.26. The minimum Gasteiger partial charge on any atom is -0.472 e. The van der Waals surface area contributed by atoms with Gasteiger partial charge in [0.25, 0.3) is 0 Å². The molecule has 0 aliphatic rings. The molecular formula is C13H15BrN2O. The van der Waals surface area contributed by atoms with Crippen LogP contribution in [0.5, 0.6) is 0 Å². The number of halogens is 1. The minimum absolute atomic E-state index is 0.548. The van der Waals surface area contributed by atoms with Gasteiger partial charge in [0.1, 0.15) is 0 Å². The fraction of sp³-hybridized carbons (Fsp3) is 0.231. The molecule has 0 unspecified atom stereocenters. The lowest BCUT2D eigenvalue weighted by Crippen LogP contribution is -2.16.